The maximum atomic E-state index is 12.0. The van der Waals surface area contributed by atoms with E-state index in [1.807, 2.05) is 6.92 Å². The van der Waals surface area contributed by atoms with E-state index in [9.17, 15) is 9.59 Å². The molecule has 1 amide bonds. The number of carbonyl (C=O) groups is 2. The third-order valence-corrected chi connectivity index (χ3v) is 3.54. The van der Waals surface area contributed by atoms with Gasteiger partial charge in [0.15, 0.2) is 5.82 Å². The van der Waals surface area contributed by atoms with E-state index in [4.69, 9.17) is 4.52 Å². The largest absolute Gasteiger partial charge is 0.339 e. The Morgan fingerprint density at radius 3 is 2.85 bits per heavy atom. The van der Waals surface area contributed by atoms with E-state index in [1.165, 1.54) is 4.90 Å². The second kappa shape index (κ2) is 4.82. The average Bonchev–Trinajstić information content (AvgIpc) is 2.98. The predicted molar refractivity (Wildman–Crippen MR) is 73.3 cm³/mol. The number of halogens is 1. The van der Waals surface area contributed by atoms with Crippen LogP contribution in [-0.4, -0.2) is 21.8 Å². The number of nitrogens with zero attached hydrogens (tertiary/aromatic N) is 3. The molecule has 0 bridgehead atoms. The third kappa shape index (κ3) is 2.03. The monoisotopic (exact) mass is 335 g/mol. The zero-order chi connectivity index (χ0) is 14.3. The summed E-state index contributed by atoms with van der Waals surface area (Å²) >= 11 is 3.33. The molecule has 0 radical (unpaired) electrons. The Morgan fingerprint density at radius 2 is 2.15 bits per heavy atom. The molecule has 2 heterocycles. The Balaban J connectivity index is 1.96. The second-order valence-electron chi connectivity index (χ2n) is 4.34. The van der Waals surface area contributed by atoms with Crippen molar-refractivity contribution >= 4 is 33.3 Å². The van der Waals surface area contributed by atoms with Crippen molar-refractivity contribution in [3.05, 3.63) is 40.0 Å². The Kier molecular flexibility index (Phi) is 3.13. The van der Waals surface area contributed by atoms with E-state index in [-0.39, 0.29) is 6.54 Å². The van der Waals surface area contributed by atoms with Gasteiger partial charge in [0.05, 0.1) is 17.8 Å². The number of rotatable bonds is 3. The van der Waals surface area contributed by atoms with Crippen LogP contribution in [0.15, 0.2) is 27.2 Å². The lowest BCUT2D eigenvalue weighted by molar-refractivity contribution is -0.114. The second-order valence-corrected chi connectivity index (χ2v) is 5.26. The van der Waals surface area contributed by atoms with Crippen molar-refractivity contribution in [2.24, 2.45) is 0 Å². The van der Waals surface area contributed by atoms with E-state index >= 15 is 0 Å². The minimum Gasteiger partial charge on any atom is -0.339 e. The van der Waals surface area contributed by atoms with Gasteiger partial charge in [0.2, 0.25) is 5.89 Å². The highest BCUT2D eigenvalue weighted by atomic mass is 79.9. The number of fused-ring (bicyclic) bond motifs is 1. The summed E-state index contributed by atoms with van der Waals surface area (Å²) in [7, 11) is 0. The molecule has 0 fully saturated rings. The summed E-state index contributed by atoms with van der Waals surface area (Å²) in [6.45, 7) is 2.02. The first-order chi connectivity index (χ1) is 9.60. The zero-order valence-corrected chi connectivity index (χ0v) is 12.2. The van der Waals surface area contributed by atoms with E-state index in [1.54, 1.807) is 18.2 Å². The van der Waals surface area contributed by atoms with Crippen LogP contribution in [-0.2, 0) is 17.8 Å². The van der Waals surface area contributed by atoms with Crippen molar-refractivity contribution in [1.82, 2.24) is 10.1 Å². The van der Waals surface area contributed by atoms with Crippen molar-refractivity contribution in [3.8, 4) is 0 Å². The van der Waals surface area contributed by atoms with E-state index in [0.29, 0.717) is 29.4 Å². The fourth-order valence-corrected chi connectivity index (χ4v) is 2.41. The van der Waals surface area contributed by atoms with E-state index in [0.717, 1.165) is 4.47 Å². The molecule has 3 rings (SSSR count). The molecule has 0 atom stereocenters. The Labute approximate surface area is 122 Å². The van der Waals surface area contributed by atoms with Gasteiger partial charge in [-0.05, 0) is 18.2 Å². The molecule has 7 heteroatoms. The van der Waals surface area contributed by atoms with Gasteiger partial charge in [-0.2, -0.15) is 4.98 Å². The first-order valence-corrected chi connectivity index (χ1v) is 6.86. The van der Waals surface area contributed by atoms with Crippen LogP contribution < -0.4 is 4.90 Å². The van der Waals surface area contributed by atoms with Crippen molar-refractivity contribution in [2.45, 2.75) is 19.9 Å². The van der Waals surface area contributed by atoms with Gasteiger partial charge in [0.1, 0.15) is 0 Å². The smallest absolute Gasteiger partial charge is 0.299 e. The number of benzene rings is 1. The number of Topliss-reactive ketones (excluding diaryl/α,β-unsaturated/α-hetero) is 1. The number of hydrogen-bond donors (Lipinski definition) is 0. The van der Waals surface area contributed by atoms with Crippen LogP contribution in [0.2, 0.25) is 0 Å². The van der Waals surface area contributed by atoms with Crippen molar-refractivity contribution < 1.29 is 14.1 Å². The van der Waals surface area contributed by atoms with Gasteiger partial charge in [-0.15, -0.1) is 0 Å². The Hall–Kier alpha value is -2.02. The Bertz CT molecular complexity index is 711. The minimum atomic E-state index is -0.569. The normalized spacial score (nSPS) is 14.0. The molecule has 20 heavy (non-hydrogen) atoms. The van der Waals surface area contributed by atoms with Crippen LogP contribution in [0.25, 0.3) is 0 Å². The lowest BCUT2D eigenvalue weighted by atomic mass is 10.1. The summed E-state index contributed by atoms with van der Waals surface area (Å²) in [5, 5.41) is 3.80. The van der Waals surface area contributed by atoms with Crippen LogP contribution in [0.5, 0.6) is 0 Å². The number of amides is 1. The molecule has 102 valence electrons. The topological polar surface area (TPSA) is 76.3 Å². The molecule has 0 saturated carbocycles. The molecular weight excluding hydrogens is 326 g/mol. The number of aromatic nitrogens is 2. The highest BCUT2D eigenvalue weighted by Gasteiger charge is 2.36. The van der Waals surface area contributed by atoms with E-state index in [2.05, 4.69) is 26.1 Å². The van der Waals surface area contributed by atoms with Crippen LogP contribution in [0.4, 0.5) is 5.69 Å². The zero-order valence-electron chi connectivity index (χ0n) is 10.6. The number of aryl methyl sites for hydroxylation is 1. The quantitative estimate of drug-likeness (QED) is 0.803. The minimum absolute atomic E-state index is 0.123. The fraction of sp³-hybridized carbons (Fsp3) is 0.231. The molecule has 1 aliphatic heterocycles. The van der Waals surface area contributed by atoms with Crippen molar-refractivity contribution in [1.29, 1.82) is 0 Å². The number of carbonyl (C=O) groups excluding carboxylic acids is 2. The lowest BCUT2D eigenvalue weighted by Crippen LogP contribution is -2.29. The standard InChI is InChI=1S/C13H10BrN3O3/c1-2-11-15-10(16-20-11)6-17-9-5-7(14)3-4-8(9)12(18)13(17)19/h3-5H,2,6H2,1H3. The molecule has 1 aromatic heterocycles. The van der Waals surface area contributed by atoms with Crippen LogP contribution in [0.3, 0.4) is 0 Å². The van der Waals surface area contributed by atoms with Gasteiger partial charge in [0.25, 0.3) is 11.7 Å². The maximum Gasteiger partial charge on any atom is 0.299 e. The predicted octanol–water partition coefficient (Wildman–Crippen LogP) is 2.12. The first kappa shape index (κ1) is 13.0. The molecule has 0 aliphatic carbocycles. The average molecular weight is 336 g/mol. The molecular formula is C13H10BrN3O3. The summed E-state index contributed by atoms with van der Waals surface area (Å²) in [6.07, 6.45) is 0.627. The molecule has 0 N–H and O–H groups in total. The lowest BCUT2D eigenvalue weighted by Gasteiger charge is -2.13. The summed E-state index contributed by atoms with van der Waals surface area (Å²) in [4.78, 5) is 29.4. The van der Waals surface area contributed by atoms with Crippen LogP contribution >= 0.6 is 15.9 Å². The summed E-state index contributed by atoms with van der Waals surface area (Å²) < 4.78 is 5.80. The van der Waals surface area contributed by atoms with Gasteiger partial charge in [-0.3, -0.25) is 14.5 Å². The highest BCUT2D eigenvalue weighted by molar-refractivity contribution is 9.10. The summed E-state index contributed by atoms with van der Waals surface area (Å²) in [6, 6.07) is 5.10. The third-order valence-electron chi connectivity index (χ3n) is 3.05. The molecule has 6 nitrogen and oxygen atoms in total. The molecule has 2 aromatic rings. The van der Waals surface area contributed by atoms with Crippen LogP contribution in [0.1, 0.15) is 29.0 Å². The number of ketones is 1. The fourth-order valence-electron chi connectivity index (χ4n) is 2.06. The van der Waals surface area contributed by atoms with Gasteiger partial charge in [-0.25, -0.2) is 0 Å². The molecule has 0 unspecified atom stereocenters. The summed E-state index contributed by atoms with van der Waals surface area (Å²) in [5.74, 6) is -0.184. The van der Waals surface area contributed by atoms with Crippen LogP contribution in [0, 0.1) is 0 Å². The van der Waals surface area contributed by atoms with Gasteiger partial charge in [-0.1, -0.05) is 28.0 Å². The SMILES string of the molecule is CCc1nc(CN2C(=O)C(=O)c3ccc(Br)cc32)no1. The molecule has 0 saturated heterocycles. The number of hydrogen-bond acceptors (Lipinski definition) is 5. The summed E-state index contributed by atoms with van der Waals surface area (Å²) in [5.41, 5.74) is 0.967. The molecule has 1 aromatic carbocycles. The Morgan fingerprint density at radius 1 is 1.35 bits per heavy atom. The number of anilines is 1. The first-order valence-electron chi connectivity index (χ1n) is 6.07. The molecule has 1 aliphatic rings. The molecule has 0 spiro atoms. The van der Waals surface area contributed by atoms with Gasteiger partial charge in [0, 0.05) is 10.9 Å². The van der Waals surface area contributed by atoms with Gasteiger partial charge >= 0.3 is 0 Å². The maximum absolute atomic E-state index is 12.0. The highest BCUT2D eigenvalue weighted by Crippen LogP contribution is 2.32. The van der Waals surface area contributed by atoms with E-state index < -0.39 is 11.7 Å². The van der Waals surface area contributed by atoms with Crippen molar-refractivity contribution in [2.75, 3.05) is 4.90 Å². The van der Waals surface area contributed by atoms with Crippen molar-refractivity contribution in [3.63, 3.8) is 0 Å². The van der Waals surface area contributed by atoms with Gasteiger partial charge < -0.3 is 4.52 Å².